The summed E-state index contributed by atoms with van der Waals surface area (Å²) in [5, 5.41) is 0. The van der Waals surface area contributed by atoms with E-state index in [1.807, 2.05) is 48.5 Å². The summed E-state index contributed by atoms with van der Waals surface area (Å²) in [7, 11) is 0. The monoisotopic (exact) mass is 277 g/mol. The van der Waals surface area contributed by atoms with Crippen LogP contribution in [-0.4, -0.2) is 15.0 Å². The van der Waals surface area contributed by atoms with Gasteiger partial charge in [0.05, 0.1) is 17.2 Å². The van der Waals surface area contributed by atoms with Crippen LogP contribution in [0.25, 0.3) is 33.8 Å². The predicted molar refractivity (Wildman–Crippen MR) is 79.9 cm³/mol. The van der Waals surface area contributed by atoms with Gasteiger partial charge in [-0.2, -0.15) is 0 Å². The number of aromatic nitrogens is 3. The average Bonchev–Trinajstić information content (AvgIpc) is 3.13. The Morgan fingerprint density at radius 3 is 2.67 bits per heavy atom. The van der Waals surface area contributed by atoms with Crippen molar-refractivity contribution in [3.05, 3.63) is 65.2 Å². The number of nitrogens with one attached hydrogen (secondary N) is 2. The lowest BCUT2D eigenvalue weighted by molar-refractivity contribution is 0.589. The summed E-state index contributed by atoms with van der Waals surface area (Å²) in [6, 6.07) is 15.3. The van der Waals surface area contributed by atoms with Crippen LogP contribution in [0.15, 0.2) is 63.9 Å². The number of para-hydroxylation sites is 1. The maximum absolute atomic E-state index is 11.4. The van der Waals surface area contributed by atoms with Crippen molar-refractivity contribution >= 4 is 11.0 Å². The van der Waals surface area contributed by atoms with E-state index in [4.69, 9.17) is 4.42 Å². The second-order valence-electron chi connectivity index (χ2n) is 4.70. The van der Waals surface area contributed by atoms with Crippen LogP contribution < -0.4 is 5.69 Å². The number of hydrogen-bond acceptors (Lipinski definition) is 3. The van der Waals surface area contributed by atoms with Gasteiger partial charge in [0.1, 0.15) is 0 Å². The van der Waals surface area contributed by atoms with Gasteiger partial charge in [-0.05, 0) is 24.3 Å². The van der Waals surface area contributed by atoms with Gasteiger partial charge in [-0.1, -0.05) is 24.3 Å². The molecule has 0 aliphatic rings. The van der Waals surface area contributed by atoms with Crippen molar-refractivity contribution in [2.24, 2.45) is 0 Å². The maximum Gasteiger partial charge on any atom is 0.323 e. The van der Waals surface area contributed by atoms with Crippen molar-refractivity contribution in [3.63, 3.8) is 0 Å². The fourth-order valence-electron chi connectivity index (χ4n) is 2.38. The van der Waals surface area contributed by atoms with E-state index < -0.39 is 0 Å². The molecule has 0 aliphatic heterocycles. The minimum Gasteiger partial charge on any atom is -0.436 e. The van der Waals surface area contributed by atoms with Crippen LogP contribution in [0.1, 0.15) is 0 Å². The molecule has 0 unspecified atom stereocenters. The molecule has 5 nitrogen and oxygen atoms in total. The molecule has 2 heterocycles. The highest BCUT2D eigenvalue weighted by Gasteiger charge is 2.12. The van der Waals surface area contributed by atoms with Gasteiger partial charge in [-0.3, -0.25) is 0 Å². The van der Waals surface area contributed by atoms with Crippen LogP contribution in [0.5, 0.6) is 0 Å². The Labute approximate surface area is 119 Å². The zero-order valence-electron chi connectivity index (χ0n) is 11.0. The van der Waals surface area contributed by atoms with E-state index in [9.17, 15) is 4.79 Å². The Kier molecular flexibility index (Phi) is 2.50. The highest BCUT2D eigenvalue weighted by molar-refractivity contribution is 5.90. The Balaban J connectivity index is 1.87. The van der Waals surface area contributed by atoms with E-state index in [1.165, 1.54) is 0 Å². The van der Waals surface area contributed by atoms with Crippen molar-refractivity contribution in [1.82, 2.24) is 15.0 Å². The first kappa shape index (κ1) is 11.7. The number of oxazole rings is 1. The molecule has 0 saturated heterocycles. The molecule has 21 heavy (non-hydrogen) atoms. The lowest BCUT2D eigenvalue weighted by atomic mass is 10.1. The van der Waals surface area contributed by atoms with Gasteiger partial charge in [-0.15, -0.1) is 0 Å². The third kappa shape index (κ3) is 1.95. The average molecular weight is 277 g/mol. The zero-order chi connectivity index (χ0) is 14.2. The largest absolute Gasteiger partial charge is 0.436 e. The van der Waals surface area contributed by atoms with Crippen molar-refractivity contribution in [2.45, 2.75) is 0 Å². The van der Waals surface area contributed by atoms with Crippen LogP contribution in [0.2, 0.25) is 0 Å². The Bertz CT molecular complexity index is 964. The van der Waals surface area contributed by atoms with Gasteiger partial charge in [0.2, 0.25) is 5.89 Å². The molecule has 4 aromatic rings. The first-order valence-corrected chi connectivity index (χ1v) is 6.54. The van der Waals surface area contributed by atoms with E-state index in [1.54, 1.807) is 6.20 Å². The second kappa shape index (κ2) is 4.49. The summed E-state index contributed by atoms with van der Waals surface area (Å²) in [6.07, 6.45) is 1.67. The molecule has 0 radical (unpaired) electrons. The van der Waals surface area contributed by atoms with Crippen molar-refractivity contribution in [2.75, 3.05) is 0 Å². The normalized spacial score (nSPS) is 11.0. The molecule has 0 amide bonds. The molecule has 0 aliphatic carbocycles. The van der Waals surface area contributed by atoms with E-state index >= 15 is 0 Å². The van der Waals surface area contributed by atoms with Crippen LogP contribution in [0.3, 0.4) is 0 Å². The van der Waals surface area contributed by atoms with E-state index in [0.717, 1.165) is 22.2 Å². The molecule has 2 N–H and O–H groups in total. The Hall–Kier alpha value is -3.08. The number of fused-ring (bicyclic) bond motifs is 1. The predicted octanol–water partition coefficient (Wildman–Crippen LogP) is 3.18. The first-order chi connectivity index (χ1) is 10.3. The summed E-state index contributed by atoms with van der Waals surface area (Å²) in [4.78, 5) is 21.3. The number of nitrogens with zero attached hydrogens (tertiary/aromatic N) is 1. The van der Waals surface area contributed by atoms with Gasteiger partial charge < -0.3 is 14.4 Å². The van der Waals surface area contributed by atoms with Crippen LogP contribution in [-0.2, 0) is 0 Å². The molecular formula is C16H11N3O2. The standard InChI is InChI=1S/C16H11N3O2/c20-16-18-12-8-4-7-11(14(12)19-16)13-9-17-15(21-13)10-5-2-1-3-6-10/h1-9H,(H2,18,19,20). The molecule has 0 bridgehead atoms. The fraction of sp³-hybridized carbons (Fsp3) is 0. The highest BCUT2D eigenvalue weighted by atomic mass is 16.4. The van der Waals surface area contributed by atoms with Crippen LogP contribution in [0, 0.1) is 0 Å². The van der Waals surface area contributed by atoms with E-state index in [-0.39, 0.29) is 5.69 Å². The molecule has 0 fully saturated rings. The van der Waals surface area contributed by atoms with Crippen LogP contribution >= 0.6 is 0 Å². The third-order valence-electron chi connectivity index (χ3n) is 3.34. The molecule has 5 heteroatoms. The third-order valence-corrected chi connectivity index (χ3v) is 3.34. The summed E-state index contributed by atoms with van der Waals surface area (Å²) >= 11 is 0. The first-order valence-electron chi connectivity index (χ1n) is 6.54. The van der Waals surface area contributed by atoms with E-state index in [0.29, 0.717) is 11.7 Å². The number of imidazole rings is 1. The van der Waals surface area contributed by atoms with Gasteiger partial charge in [0, 0.05) is 11.1 Å². The van der Waals surface area contributed by atoms with Crippen molar-refractivity contribution in [3.8, 4) is 22.8 Å². The molecule has 2 aromatic heterocycles. The summed E-state index contributed by atoms with van der Waals surface area (Å²) in [5.74, 6) is 1.18. The van der Waals surface area contributed by atoms with Crippen LogP contribution in [0.4, 0.5) is 0 Å². The second-order valence-corrected chi connectivity index (χ2v) is 4.70. The van der Waals surface area contributed by atoms with Crippen molar-refractivity contribution in [1.29, 1.82) is 0 Å². The Morgan fingerprint density at radius 1 is 0.952 bits per heavy atom. The molecule has 4 rings (SSSR count). The minimum absolute atomic E-state index is 0.236. The quantitative estimate of drug-likeness (QED) is 0.591. The zero-order valence-corrected chi connectivity index (χ0v) is 11.0. The molecule has 0 saturated carbocycles. The molecular weight excluding hydrogens is 266 g/mol. The summed E-state index contributed by atoms with van der Waals surface area (Å²) in [6.45, 7) is 0. The summed E-state index contributed by atoms with van der Waals surface area (Å²) < 4.78 is 5.83. The smallest absolute Gasteiger partial charge is 0.323 e. The highest BCUT2D eigenvalue weighted by Crippen LogP contribution is 2.29. The van der Waals surface area contributed by atoms with Gasteiger partial charge in [0.25, 0.3) is 0 Å². The van der Waals surface area contributed by atoms with E-state index in [2.05, 4.69) is 15.0 Å². The molecule has 102 valence electrons. The Morgan fingerprint density at radius 2 is 1.81 bits per heavy atom. The molecule has 0 atom stereocenters. The van der Waals surface area contributed by atoms with Gasteiger partial charge in [-0.25, -0.2) is 9.78 Å². The number of aromatic amines is 2. The lowest BCUT2D eigenvalue weighted by Gasteiger charge is -1.98. The number of H-pyrrole nitrogens is 2. The number of rotatable bonds is 2. The number of hydrogen-bond donors (Lipinski definition) is 2. The van der Waals surface area contributed by atoms with Crippen molar-refractivity contribution < 1.29 is 4.42 Å². The SMILES string of the molecule is O=c1[nH]c2cccc(-c3cnc(-c4ccccc4)o3)c2[nH]1. The maximum atomic E-state index is 11.4. The fourth-order valence-corrected chi connectivity index (χ4v) is 2.38. The topological polar surface area (TPSA) is 74.7 Å². The van der Waals surface area contributed by atoms with Gasteiger partial charge >= 0.3 is 5.69 Å². The molecule has 0 spiro atoms. The summed E-state index contributed by atoms with van der Waals surface area (Å²) in [5.41, 5.74) is 2.95. The number of benzene rings is 2. The lowest BCUT2D eigenvalue weighted by Crippen LogP contribution is -1.99. The molecule has 2 aromatic carbocycles. The van der Waals surface area contributed by atoms with Gasteiger partial charge in [0.15, 0.2) is 5.76 Å². The minimum atomic E-state index is -0.236.